The SMILES string of the molecule is Cn1ncc(C(=O)N2CCN(S(C)(=O)=O)CC2)c1C(=O)O. The van der Waals surface area contributed by atoms with Crippen molar-refractivity contribution in [2.45, 2.75) is 0 Å². The van der Waals surface area contributed by atoms with Crippen LogP contribution < -0.4 is 0 Å². The first-order valence-corrected chi connectivity index (χ1v) is 8.06. The molecule has 1 amide bonds. The normalized spacial score (nSPS) is 17.0. The number of carbonyl (C=O) groups excluding carboxylic acids is 1. The van der Waals surface area contributed by atoms with E-state index < -0.39 is 21.9 Å². The fraction of sp³-hybridized carbons (Fsp3) is 0.545. The molecule has 1 aliphatic heterocycles. The smallest absolute Gasteiger partial charge is 0.354 e. The van der Waals surface area contributed by atoms with Crippen LogP contribution in [0.25, 0.3) is 0 Å². The predicted octanol–water partition coefficient (Wildman–Crippen LogP) is -1.16. The van der Waals surface area contributed by atoms with Gasteiger partial charge in [-0.15, -0.1) is 0 Å². The number of carboxylic acid groups (broad SMARTS) is 1. The lowest BCUT2D eigenvalue weighted by atomic mass is 10.2. The van der Waals surface area contributed by atoms with Gasteiger partial charge in [0.25, 0.3) is 5.91 Å². The number of carboxylic acids is 1. The summed E-state index contributed by atoms with van der Waals surface area (Å²) in [6.45, 7) is 0.847. The molecular weight excluding hydrogens is 300 g/mol. The zero-order chi connectivity index (χ0) is 15.8. The molecule has 21 heavy (non-hydrogen) atoms. The second-order valence-electron chi connectivity index (χ2n) is 4.79. The van der Waals surface area contributed by atoms with Crippen LogP contribution in [0.2, 0.25) is 0 Å². The van der Waals surface area contributed by atoms with Gasteiger partial charge in [-0.2, -0.15) is 9.40 Å². The Bertz CT molecular complexity index is 673. The Balaban J connectivity index is 2.15. The average molecular weight is 316 g/mol. The van der Waals surface area contributed by atoms with Crippen molar-refractivity contribution < 1.29 is 23.1 Å². The molecule has 0 saturated carbocycles. The van der Waals surface area contributed by atoms with Gasteiger partial charge in [0.2, 0.25) is 10.0 Å². The molecule has 0 aliphatic carbocycles. The van der Waals surface area contributed by atoms with Crippen LogP contribution in [-0.4, -0.2) is 76.8 Å². The van der Waals surface area contributed by atoms with E-state index in [0.717, 1.165) is 10.9 Å². The van der Waals surface area contributed by atoms with Gasteiger partial charge < -0.3 is 10.0 Å². The molecule has 9 nitrogen and oxygen atoms in total. The first-order chi connectivity index (χ1) is 9.71. The molecule has 1 saturated heterocycles. The van der Waals surface area contributed by atoms with E-state index in [1.54, 1.807) is 0 Å². The van der Waals surface area contributed by atoms with Crippen LogP contribution in [0.4, 0.5) is 0 Å². The maximum absolute atomic E-state index is 12.3. The number of aromatic carboxylic acids is 1. The van der Waals surface area contributed by atoms with Gasteiger partial charge in [0.1, 0.15) is 0 Å². The molecule has 1 aliphatic rings. The third kappa shape index (κ3) is 3.05. The van der Waals surface area contributed by atoms with Gasteiger partial charge in [0, 0.05) is 33.2 Å². The third-order valence-corrected chi connectivity index (χ3v) is 4.67. The molecule has 0 unspecified atom stereocenters. The summed E-state index contributed by atoms with van der Waals surface area (Å²) in [6, 6.07) is 0. The quantitative estimate of drug-likeness (QED) is 0.752. The number of sulfonamides is 1. The second kappa shape index (κ2) is 5.45. The van der Waals surface area contributed by atoms with Gasteiger partial charge in [-0.05, 0) is 0 Å². The number of amides is 1. The first-order valence-electron chi connectivity index (χ1n) is 6.21. The molecule has 0 spiro atoms. The molecule has 0 bridgehead atoms. The van der Waals surface area contributed by atoms with E-state index in [1.165, 1.54) is 22.4 Å². The lowest BCUT2D eigenvalue weighted by molar-refractivity contribution is 0.0648. The Morgan fingerprint density at radius 3 is 2.29 bits per heavy atom. The van der Waals surface area contributed by atoms with E-state index >= 15 is 0 Å². The maximum Gasteiger partial charge on any atom is 0.354 e. The maximum atomic E-state index is 12.3. The van der Waals surface area contributed by atoms with Gasteiger partial charge >= 0.3 is 5.97 Å². The molecule has 0 radical (unpaired) electrons. The van der Waals surface area contributed by atoms with Crippen molar-refractivity contribution in [2.24, 2.45) is 7.05 Å². The molecular formula is C11H16N4O5S. The molecule has 116 valence electrons. The molecule has 2 rings (SSSR count). The van der Waals surface area contributed by atoms with Crippen molar-refractivity contribution in [3.63, 3.8) is 0 Å². The summed E-state index contributed by atoms with van der Waals surface area (Å²) in [5.74, 6) is -1.68. The zero-order valence-electron chi connectivity index (χ0n) is 11.7. The summed E-state index contributed by atoms with van der Waals surface area (Å²) in [5, 5.41) is 12.9. The lowest BCUT2D eigenvalue weighted by Gasteiger charge is -2.33. The fourth-order valence-corrected chi connectivity index (χ4v) is 3.07. The Hall–Kier alpha value is -1.94. The molecule has 10 heteroatoms. The summed E-state index contributed by atoms with van der Waals surface area (Å²) < 4.78 is 25.2. The number of rotatable bonds is 3. The molecule has 0 atom stereocenters. The fourth-order valence-electron chi connectivity index (χ4n) is 2.24. The van der Waals surface area contributed by atoms with Gasteiger partial charge in [-0.1, -0.05) is 0 Å². The molecule has 2 heterocycles. The molecule has 1 N–H and O–H groups in total. The highest BCUT2D eigenvalue weighted by Gasteiger charge is 2.30. The van der Waals surface area contributed by atoms with Gasteiger partial charge in [0.15, 0.2) is 5.69 Å². The number of nitrogens with zero attached hydrogens (tertiary/aromatic N) is 4. The largest absolute Gasteiger partial charge is 0.477 e. The Labute approximate surface area is 121 Å². The number of carbonyl (C=O) groups is 2. The highest BCUT2D eigenvalue weighted by atomic mass is 32.2. The zero-order valence-corrected chi connectivity index (χ0v) is 12.5. The molecule has 1 aromatic rings. The highest BCUT2D eigenvalue weighted by molar-refractivity contribution is 7.88. The van der Waals surface area contributed by atoms with E-state index in [0.29, 0.717) is 0 Å². The van der Waals surface area contributed by atoms with Crippen LogP contribution in [-0.2, 0) is 17.1 Å². The number of hydrogen-bond donors (Lipinski definition) is 1. The van der Waals surface area contributed by atoms with E-state index in [-0.39, 0.29) is 37.4 Å². The number of aromatic nitrogens is 2. The van der Waals surface area contributed by atoms with E-state index in [2.05, 4.69) is 5.10 Å². The van der Waals surface area contributed by atoms with Crippen LogP contribution in [0.15, 0.2) is 6.20 Å². The van der Waals surface area contributed by atoms with E-state index in [4.69, 9.17) is 5.11 Å². The van der Waals surface area contributed by atoms with Gasteiger partial charge in [-0.25, -0.2) is 13.2 Å². The van der Waals surface area contributed by atoms with Crippen LogP contribution in [0.3, 0.4) is 0 Å². The summed E-state index contributed by atoms with van der Waals surface area (Å²) in [5.41, 5.74) is -0.164. The molecule has 1 aromatic heterocycles. The van der Waals surface area contributed by atoms with Crippen LogP contribution >= 0.6 is 0 Å². The third-order valence-electron chi connectivity index (χ3n) is 3.37. The standard InChI is InChI=1S/C11H16N4O5S/c1-13-9(11(17)18)8(7-12-13)10(16)14-3-5-15(6-4-14)21(2,19)20/h7H,3-6H2,1-2H3,(H,17,18). The Kier molecular flexibility index (Phi) is 4.01. The van der Waals surface area contributed by atoms with Crippen LogP contribution in [0, 0.1) is 0 Å². The van der Waals surface area contributed by atoms with Gasteiger partial charge in [0.05, 0.1) is 18.0 Å². The highest BCUT2D eigenvalue weighted by Crippen LogP contribution is 2.14. The minimum atomic E-state index is -3.27. The Morgan fingerprint density at radius 2 is 1.81 bits per heavy atom. The van der Waals surface area contributed by atoms with Crippen molar-refractivity contribution >= 4 is 21.9 Å². The second-order valence-corrected chi connectivity index (χ2v) is 6.77. The van der Waals surface area contributed by atoms with Crippen molar-refractivity contribution in [3.05, 3.63) is 17.5 Å². The van der Waals surface area contributed by atoms with E-state index in [1.807, 2.05) is 0 Å². The minimum absolute atomic E-state index is 0.0119. The molecule has 0 aromatic carbocycles. The average Bonchev–Trinajstić information content (AvgIpc) is 2.79. The predicted molar refractivity (Wildman–Crippen MR) is 72.5 cm³/mol. The van der Waals surface area contributed by atoms with E-state index in [9.17, 15) is 18.0 Å². The van der Waals surface area contributed by atoms with Crippen molar-refractivity contribution in [2.75, 3.05) is 32.4 Å². The monoisotopic (exact) mass is 316 g/mol. The van der Waals surface area contributed by atoms with Crippen molar-refractivity contribution in [3.8, 4) is 0 Å². The minimum Gasteiger partial charge on any atom is -0.477 e. The van der Waals surface area contributed by atoms with Crippen LogP contribution in [0.5, 0.6) is 0 Å². The number of aryl methyl sites for hydroxylation is 1. The number of piperazine rings is 1. The van der Waals surface area contributed by atoms with Crippen LogP contribution in [0.1, 0.15) is 20.8 Å². The topological polar surface area (TPSA) is 113 Å². The van der Waals surface area contributed by atoms with Crippen molar-refractivity contribution in [1.82, 2.24) is 19.0 Å². The number of hydrogen-bond acceptors (Lipinski definition) is 5. The van der Waals surface area contributed by atoms with Crippen molar-refractivity contribution in [1.29, 1.82) is 0 Å². The molecule has 1 fully saturated rings. The lowest BCUT2D eigenvalue weighted by Crippen LogP contribution is -2.50. The summed E-state index contributed by atoms with van der Waals surface area (Å²) in [7, 11) is -1.83. The summed E-state index contributed by atoms with van der Waals surface area (Å²) in [6.07, 6.45) is 2.34. The first kappa shape index (κ1) is 15.4. The van der Waals surface area contributed by atoms with Gasteiger partial charge in [-0.3, -0.25) is 9.48 Å². The Morgan fingerprint density at radius 1 is 1.24 bits per heavy atom. The summed E-state index contributed by atoms with van der Waals surface area (Å²) in [4.78, 5) is 24.9. The summed E-state index contributed by atoms with van der Waals surface area (Å²) >= 11 is 0.